The molecule has 0 spiro atoms. The minimum absolute atomic E-state index is 0.00929. The maximum atomic E-state index is 13.6. The zero-order valence-corrected chi connectivity index (χ0v) is 18.8. The first-order valence-electron chi connectivity index (χ1n) is 10.2. The van der Waals surface area contributed by atoms with Gasteiger partial charge in [0.2, 0.25) is 0 Å². The first-order valence-corrected chi connectivity index (χ1v) is 10.6. The summed E-state index contributed by atoms with van der Waals surface area (Å²) in [6.07, 6.45) is 2.17. The molecule has 0 saturated heterocycles. The fourth-order valence-corrected chi connectivity index (χ4v) is 3.67. The zero-order chi connectivity index (χ0) is 23.4. The molecule has 0 aliphatic rings. The second-order valence-corrected chi connectivity index (χ2v) is 7.65. The Bertz CT molecular complexity index is 1330. The number of halogens is 2. The summed E-state index contributed by atoms with van der Waals surface area (Å²) in [7, 11) is 3.09. The van der Waals surface area contributed by atoms with Crippen LogP contribution in [0.2, 0.25) is 5.02 Å². The van der Waals surface area contributed by atoms with E-state index in [1.807, 2.05) is 18.2 Å². The maximum absolute atomic E-state index is 13.6. The van der Waals surface area contributed by atoms with Gasteiger partial charge in [-0.25, -0.2) is 9.37 Å². The van der Waals surface area contributed by atoms with Crippen LogP contribution in [0.25, 0.3) is 22.2 Å². The summed E-state index contributed by atoms with van der Waals surface area (Å²) < 4.78 is 24.3. The van der Waals surface area contributed by atoms with Gasteiger partial charge < -0.3 is 14.8 Å². The summed E-state index contributed by atoms with van der Waals surface area (Å²) in [6, 6.07) is 15.2. The van der Waals surface area contributed by atoms with Crippen molar-refractivity contribution in [3.05, 3.63) is 82.9 Å². The highest BCUT2D eigenvalue weighted by molar-refractivity contribution is 6.31. The number of fused-ring (bicyclic) bond motifs is 1. The molecule has 0 aliphatic carbocycles. The Kier molecular flexibility index (Phi) is 6.70. The number of aromatic nitrogens is 2. The molecule has 6 nitrogen and oxygen atoms in total. The Morgan fingerprint density at radius 2 is 1.88 bits per heavy atom. The van der Waals surface area contributed by atoms with Gasteiger partial charge in [0, 0.05) is 41.4 Å². The van der Waals surface area contributed by atoms with E-state index < -0.39 is 5.82 Å². The molecule has 2 heterocycles. The van der Waals surface area contributed by atoms with E-state index in [4.69, 9.17) is 21.1 Å². The van der Waals surface area contributed by atoms with Crippen molar-refractivity contribution >= 4 is 28.4 Å². The first kappa shape index (κ1) is 22.5. The van der Waals surface area contributed by atoms with E-state index in [-0.39, 0.29) is 10.9 Å². The highest BCUT2D eigenvalue weighted by atomic mass is 35.5. The van der Waals surface area contributed by atoms with Crippen LogP contribution in [-0.2, 0) is 6.42 Å². The number of rotatable bonds is 7. The summed E-state index contributed by atoms with van der Waals surface area (Å²) in [4.78, 5) is 21.7. The third-order valence-corrected chi connectivity index (χ3v) is 5.44. The molecule has 0 fully saturated rings. The lowest BCUT2D eigenvalue weighted by atomic mass is 10.1. The monoisotopic (exact) mass is 465 g/mol. The Balaban J connectivity index is 1.49. The van der Waals surface area contributed by atoms with Crippen LogP contribution < -0.4 is 14.8 Å². The van der Waals surface area contributed by atoms with Crippen LogP contribution >= 0.6 is 11.6 Å². The standard InChI is InChI=1S/C25H21ClFN3O3/c1-32-21-8-6-18(30-24(21)16-5-7-20(27)19(26)13-16)9-11-29-25(31)17-12-15-4-3-10-28-23(15)22(14-17)33-2/h3-8,10,12-14H,9,11H2,1-2H3,(H,29,31). The van der Waals surface area contributed by atoms with E-state index in [9.17, 15) is 9.18 Å². The van der Waals surface area contributed by atoms with Gasteiger partial charge in [0.1, 0.15) is 28.5 Å². The van der Waals surface area contributed by atoms with E-state index >= 15 is 0 Å². The van der Waals surface area contributed by atoms with Crippen LogP contribution in [-0.4, -0.2) is 36.6 Å². The molecule has 1 N–H and O–H groups in total. The SMILES string of the molecule is COc1ccc(CCNC(=O)c2cc(OC)c3ncccc3c2)nc1-c1ccc(F)c(Cl)c1. The molecular weight excluding hydrogens is 445 g/mol. The topological polar surface area (TPSA) is 73.3 Å². The van der Waals surface area contributed by atoms with Crippen LogP contribution in [0.1, 0.15) is 16.1 Å². The van der Waals surface area contributed by atoms with Crippen molar-refractivity contribution in [2.75, 3.05) is 20.8 Å². The average Bonchev–Trinajstić information content (AvgIpc) is 2.84. The van der Waals surface area contributed by atoms with Gasteiger partial charge in [-0.05, 0) is 48.5 Å². The largest absolute Gasteiger partial charge is 0.494 e. The number of hydrogen-bond acceptors (Lipinski definition) is 5. The molecule has 4 aromatic rings. The van der Waals surface area contributed by atoms with Gasteiger partial charge in [0.15, 0.2) is 0 Å². The Morgan fingerprint density at radius 3 is 2.64 bits per heavy atom. The Morgan fingerprint density at radius 1 is 1.06 bits per heavy atom. The van der Waals surface area contributed by atoms with Gasteiger partial charge in [-0.1, -0.05) is 17.7 Å². The molecule has 168 valence electrons. The van der Waals surface area contributed by atoms with Crippen molar-refractivity contribution in [1.82, 2.24) is 15.3 Å². The lowest BCUT2D eigenvalue weighted by Gasteiger charge is -2.12. The molecule has 0 bridgehead atoms. The molecule has 33 heavy (non-hydrogen) atoms. The van der Waals surface area contributed by atoms with Crippen LogP contribution in [0, 0.1) is 5.82 Å². The third kappa shape index (κ3) is 4.88. The summed E-state index contributed by atoms with van der Waals surface area (Å²) in [5.41, 5.74) is 3.12. The minimum atomic E-state index is -0.501. The lowest BCUT2D eigenvalue weighted by Crippen LogP contribution is -2.26. The predicted octanol–water partition coefficient (Wildman–Crippen LogP) is 5.08. The predicted molar refractivity (Wildman–Crippen MR) is 126 cm³/mol. The molecule has 8 heteroatoms. The number of hydrogen-bond donors (Lipinski definition) is 1. The molecular formula is C25H21ClFN3O3. The van der Waals surface area contributed by atoms with Crippen molar-refractivity contribution in [1.29, 1.82) is 0 Å². The van der Waals surface area contributed by atoms with Crippen molar-refractivity contribution in [2.45, 2.75) is 6.42 Å². The minimum Gasteiger partial charge on any atom is -0.494 e. The van der Waals surface area contributed by atoms with Crippen LogP contribution in [0.3, 0.4) is 0 Å². The number of nitrogens with zero attached hydrogens (tertiary/aromatic N) is 2. The summed E-state index contributed by atoms with van der Waals surface area (Å²) in [5.74, 6) is 0.359. The quantitative estimate of drug-likeness (QED) is 0.412. The van der Waals surface area contributed by atoms with E-state index in [0.29, 0.717) is 46.8 Å². The van der Waals surface area contributed by atoms with E-state index in [2.05, 4.69) is 15.3 Å². The van der Waals surface area contributed by atoms with E-state index in [1.54, 1.807) is 44.7 Å². The van der Waals surface area contributed by atoms with Gasteiger partial charge in [-0.15, -0.1) is 0 Å². The van der Waals surface area contributed by atoms with Gasteiger partial charge in [0.25, 0.3) is 5.91 Å². The number of methoxy groups -OCH3 is 2. The van der Waals surface area contributed by atoms with Crippen LogP contribution in [0.4, 0.5) is 4.39 Å². The fraction of sp³-hybridized carbons (Fsp3) is 0.160. The molecule has 0 radical (unpaired) electrons. The number of ether oxygens (including phenoxy) is 2. The summed E-state index contributed by atoms with van der Waals surface area (Å²) >= 11 is 5.93. The lowest BCUT2D eigenvalue weighted by molar-refractivity contribution is 0.0954. The van der Waals surface area contributed by atoms with Crippen molar-refractivity contribution in [2.24, 2.45) is 0 Å². The average molecular weight is 466 g/mol. The van der Waals surface area contributed by atoms with Crippen molar-refractivity contribution in [3.63, 3.8) is 0 Å². The van der Waals surface area contributed by atoms with Gasteiger partial charge in [-0.3, -0.25) is 9.78 Å². The molecule has 4 rings (SSSR count). The van der Waals surface area contributed by atoms with Crippen LogP contribution in [0.15, 0.2) is 60.8 Å². The fourth-order valence-electron chi connectivity index (χ4n) is 3.49. The van der Waals surface area contributed by atoms with Gasteiger partial charge >= 0.3 is 0 Å². The molecule has 2 aromatic carbocycles. The number of pyridine rings is 2. The number of nitrogens with one attached hydrogen (secondary N) is 1. The summed E-state index contributed by atoms with van der Waals surface area (Å²) in [6.45, 7) is 0.370. The van der Waals surface area contributed by atoms with Crippen molar-refractivity contribution in [3.8, 4) is 22.8 Å². The van der Waals surface area contributed by atoms with Crippen LogP contribution in [0.5, 0.6) is 11.5 Å². The molecule has 0 atom stereocenters. The normalized spacial score (nSPS) is 10.8. The molecule has 0 unspecified atom stereocenters. The molecule has 1 amide bonds. The highest BCUT2D eigenvalue weighted by Crippen LogP contribution is 2.31. The zero-order valence-electron chi connectivity index (χ0n) is 18.1. The number of amides is 1. The number of carbonyl (C=O) groups excluding carboxylic acids is 1. The number of benzene rings is 2. The van der Waals surface area contributed by atoms with Gasteiger partial charge in [-0.2, -0.15) is 0 Å². The number of carbonyl (C=O) groups is 1. The van der Waals surface area contributed by atoms with E-state index in [1.165, 1.54) is 12.1 Å². The van der Waals surface area contributed by atoms with E-state index in [0.717, 1.165) is 11.1 Å². The second kappa shape index (κ2) is 9.83. The van der Waals surface area contributed by atoms with Crippen molar-refractivity contribution < 1.29 is 18.7 Å². The molecule has 0 saturated carbocycles. The Hall–Kier alpha value is -3.71. The molecule has 0 aliphatic heterocycles. The molecule has 2 aromatic heterocycles. The Labute approximate surface area is 195 Å². The smallest absolute Gasteiger partial charge is 0.251 e. The second-order valence-electron chi connectivity index (χ2n) is 7.24. The summed E-state index contributed by atoms with van der Waals surface area (Å²) in [5, 5.41) is 3.74. The maximum Gasteiger partial charge on any atom is 0.251 e. The van der Waals surface area contributed by atoms with Gasteiger partial charge in [0.05, 0.1) is 19.2 Å². The first-order chi connectivity index (χ1) is 16.0. The third-order valence-electron chi connectivity index (χ3n) is 5.15. The highest BCUT2D eigenvalue weighted by Gasteiger charge is 2.13.